The number of oxazole rings is 1. The van der Waals surface area contributed by atoms with Gasteiger partial charge in [-0.3, -0.25) is 4.90 Å². The lowest BCUT2D eigenvalue weighted by Crippen LogP contribution is -2.47. The van der Waals surface area contributed by atoms with Crippen molar-refractivity contribution in [2.75, 3.05) is 44.8 Å². The quantitative estimate of drug-likeness (QED) is 0.879. The Balaban J connectivity index is 1.72. The Bertz CT molecular complexity index is 518. The standard InChI is InChI=1S/C13H18N4O/c1-16(10-17-6-4-14-5-7-17)11-2-3-12-13(8-11)18-9-15-12/h2-3,8-9,14H,4-7,10H2,1H3. The molecule has 3 rings (SSSR count). The molecule has 1 aliphatic rings. The molecule has 2 aromatic rings. The lowest BCUT2D eigenvalue weighted by molar-refractivity contribution is 0.243. The third-order valence-electron chi connectivity index (χ3n) is 3.38. The van der Waals surface area contributed by atoms with Crippen LogP contribution in [-0.2, 0) is 0 Å². The van der Waals surface area contributed by atoms with Gasteiger partial charge in [0.15, 0.2) is 12.0 Å². The van der Waals surface area contributed by atoms with Gasteiger partial charge in [0, 0.05) is 45.0 Å². The summed E-state index contributed by atoms with van der Waals surface area (Å²) in [4.78, 5) is 8.82. The van der Waals surface area contributed by atoms with E-state index in [-0.39, 0.29) is 0 Å². The maximum atomic E-state index is 5.34. The van der Waals surface area contributed by atoms with E-state index >= 15 is 0 Å². The van der Waals surface area contributed by atoms with E-state index in [1.807, 2.05) is 12.1 Å². The zero-order valence-electron chi connectivity index (χ0n) is 10.6. The molecule has 0 spiro atoms. The van der Waals surface area contributed by atoms with Gasteiger partial charge < -0.3 is 14.6 Å². The predicted molar refractivity (Wildman–Crippen MR) is 71.7 cm³/mol. The molecule has 5 nitrogen and oxygen atoms in total. The van der Waals surface area contributed by atoms with E-state index in [0.29, 0.717) is 0 Å². The smallest absolute Gasteiger partial charge is 0.181 e. The van der Waals surface area contributed by atoms with Gasteiger partial charge in [-0.25, -0.2) is 4.98 Å². The van der Waals surface area contributed by atoms with Crippen LogP contribution in [-0.4, -0.2) is 49.8 Å². The number of piperazine rings is 1. The molecule has 18 heavy (non-hydrogen) atoms. The van der Waals surface area contributed by atoms with Crippen molar-refractivity contribution < 1.29 is 4.42 Å². The average molecular weight is 246 g/mol. The van der Waals surface area contributed by atoms with Crippen LogP contribution < -0.4 is 10.2 Å². The zero-order valence-corrected chi connectivity index (χ0v) is 10.6. The SMILES string of the molecule is CN(CN1CCNCC1)c1ccc2ncoc2c1. The maximum Gasteiger partial charge on any atom is 0.181 e. The van der Waals surface area contributed by atoms with Crippen molar-refractivity contribution >= 4 is 16.8 Å². The first-order valence-corrected chi connectivity index (χ1v) is 6.30. The van der Waals surface area contributed by atoms with E-state index in [4.69, 9.17) is 4.42 Å². The summed E-state index contributed by atoms with van der Waals surface area (Å²) in [7, 11) is 2.11. The summed E-state index contributed by atoms with van der Waals surface area (Å²) in [5.74, 6) is 0. The Kier molecular flexibility index (Phi) is 3.17. The van der Waals surface area contributed by atoms with Crippen molar-refractivity contribution in [1.29, 1.82) is 0 Å². The van der Waals surface area contributed by atoms with Crippen molar-refractivity contribution in [3.63, 3.8) is 0 Å². The molecule has 1 fully saturated rings. The molecule has 0 atom stereocenters. The topological polar surface area (TPSA) is 44.5 Å². The first-order chi connectivity index (χ1) is 8.83. The van der Waals surface area contributed by atoms with Crippen LogP contribution in [0.4, 0.5) is 5.69 Å². The minimum Gasteiger partial charge on any atom is -0.443 e. The fourth-order valence-electron chi connectivity index (χ4n) is 2.32. The largest absolute Gasteiger partial charge is 0.443 e. The van der Waals surface area contributed by atoms with Gasteiger partial charge in [-0.15, -0.1) is 0 Å². The molecule has 0 aliphatic carbocycles. The Morgan fingerprint density at radius 3 is 3.06 bits per heavy atom. The predicted octanol–water partition coefficient (Wildman–Crippen LogP) is 1.13. The second-order valence-corrected chi connectivity index (χ2v) is 4.71. The highest BCUT2D eigenvalue weighted by Gasteiger charge is 2.12. The molecule has 0 radical (unpaired) electrons. The van der Waals surface area contributed by atoms with Crippen LogP contribution >= 0.6 is 0 Å². The number of nitrogens with one attached hydrogen (secondary N) is 1. The Hall–Kier alpha value is -1.59. The lowest BCUT2D eigenvalue weighted by atomic mass is 10.2. The molecule has 5 heteroatoms. The van der Waals surface area contributed by atoms with Gasteiger partial charge in [0.1, 0.15) is 5.52 Å². The number of benzene rings is 1. The monoisotopic (exact) mass is 246 g/mol. The minimum absolute atomic E-state index is 0.847. The molecule has 96 valence electrons. The highest BCUT2D eigenvalue weighted by Crippen LogP contribution is 2.20. The van der Waals surface area contributed by atoms with Crippen molar-refractivity contribution in [2.45, 2.75) is 0 Å². The van der Waals surface area contributed by atoms with E-state index < -0.39 is 0 Å². The van der Waals surface area contributed by atoms with E-state index in [1.165, 1.54) is 6.39 Å². The van der Waals surface area contributed by atoms with Gasteiger partial charge in [0.2, 0.25) is 0 Å². The van der Waals surface area contributed by atoms with Crippen LogP contribution in [0, 0.1) is 0 Å². The molecule has 2 heterocycles. The molecule has 0 saturated carbocycles. The Morgan fingerprint density at radius 2 is 2.22 bits per heavy atom. The number of anilines is 1. The summed E-state index contributed by atoms with van der Waals surface area (Å²) in [5, 5.41) is 3.36. The van der Waals surface area contributed by atoms with E-state index in [2.05, 4.69) is 33.2 Å². The normalized spacial score (nSPS) is 17.2. The average Bonchev–Trinajstić information content (AvgIpc) is 2.87. The fourth-order valence-corrected chi connectivity index (χ4v) is 2.32. The molecule has 1 aliphatic heterocycles. The van der Waals surface area contributed by atoms with E-state index in [0.717, 1.165) is 49.6 Å². The summed E-state index contributed by atoms with van der Waals surface area (Å²) >= 11 is 0. The van der Waals surface area contributed by atoms with E-state index in [9.17, 15) is 0 Å². The van der Waals surface area contributed by atoms with Crippen molar-refractivity contribution in [1.82, 2.24) is 15.2 Å². The van der Waals surface area contributed by atoms with Gasteiger partial charge in [0.05, 0.1) is 6.67 Å². The minimum atomic E-state index is 0.847. The van der Waals surface area contributed by atoms with Gasteiger partial charge >= 0.3 is 0 Å². The lowest BCUT2D eigenvalue weighted by Gasteiger charge is -2.32. The van der Waals surface area contributed by atoms with Crippen LogP contribution in [0.5, 0.6) is 0 Å². The number of rotatable bonds is 3. The second-order valence-electron chi connectivity index (χ2n) is 4.71. The molecular formula is C13H18N4O. The Morgan fingerprint density at radius 1 is 1.39 bits per heavy atom. The molecular weight excluding hydrogens is 228 g/mol. The highest BCUT2D eigenvalue weighted by molar-refractivity contribution is 5.76. The number of hydrogen-bond donors (Lipinski definition) is 1. The summed E-state index contributed by atoms with van der Waals surface area (Å²) < 4.78 is 5.34. The number of aromatic nitrogens is 1. The maximum absolute atomic E-state index is 5.34. The van der Waals surface area contributed by atoms with Crippen LogP contribution in [0.25, 0.3) is 11.1 Å². The van der Waals surface area contributed by atoms with Gasteiger partial charge in [-0.05, 0) is 12.1 Å². The zero-order chi connectivity index (χ0) is 12.4. The summed E-state index contributed by atoms with van der Waals surface area (Å²) in [6.07, 6.45) is 1.49. The van der Waals surface area contributed by atoms with Gasteiger partial charge in [-0.1, -0.05) is 0 Å². The third kappa shape index (κ3) is 2.32. The van der Waals surface area contributed by atoms with Gasteiger partial charge in [0.25, 0.3) is 0 Å². The second kappa shape index (κ2) is 4.96. The molecule has 1 saturated heterocycles. The molecule has 1 N–H and O–H groups in total. The summed E-state index contributed by atoms with van der Waals surface area (Å²) in [6, 6.07) is 6.14. The number of fused-ring (bicyclic) bond motifs is 1. The van der Waals surface area contributed by atoms with Crippen LogP contribution in [0.15, 0.2) is 29.0 Å². The third-order valence-corrected chi connectivity index (χ3v) is 3.38. The summed E-state index contributed by atoms with van der Waals surface area (Å²) in [5.41, 5.74) is 2.92. The Labute approximate surface area is 106 Å². The molecule has 0 bridgehead atoms. The van der Waals surface area contributed by atoms with E-state index in [1.54, 1.807) is 0 Å². The first-order valence-electron chi connectivity index (χ1n) is 6.30. The van der Waals surface area contributed by atoms with Crippen molar-refractivity contribution in [3.8, 4) is 0 Å². The van der Waals surface area contributed by atoms with Crippen LogP contribution in [0.2, 0.25) is 0 Å². The van der Waals surface area contributed by atoms with Crippen LogP contribution in [0.1, 0.15) is 0 Å². The molecule has 1 aromatic heterocycles. The van der Waals surface area contributed by atoms with Gasteiger partial charge in [-0.2, -0.15) is 0 Å². The number of nitrogens with zero attached hydrogens (tertiary/aromatic N) is 3. The number of hydrogen-bond acceptors (Lipinski definition) is 5. The fraction of sp³-hybridized carbons (Fsp3) is 0.462. The van der Waals surface area contributed by atoms with Crippen LogP contribution in [0.3, 0.4) is 0 Å². The first kappa shape index (κ1) is 11.5. The highest BCUT2D eigenvalue weighted by atomic mass is 16.3. The molecule has 0 unspecified atom stereocenters. The van der Waals surface area contributed by atoms with Crippen molar-refractivity contribution in [2.24, 2.45) is 0 Å². The molecule has 0 amide bonds. The van der Waals surface area contributed by atoms with Crippen molar-refractivity contribution in [3.05, 3.63) is 24.6 Å². The molecule has 1 aromatic carbocycles. The summed E-state index contributed by atoms with van der Waals surface area (Å²) in [6.45, 7) is 5.31.